The number of rotatable bonds is 6. The van der Waals surface area contributed by atoms with Crippen molar-refractivity contribution in [1.82, 2.24) is 15.0 Å². The minimum absolute atomic E-state index is 0.0171. The Bertz CT molecular complexity index is 303. The average Bonchev–Trinajstić information content (AvgIpc) is 2.57. The maximum Gasteiger partial charge on any atom is 0.153 e. The van der Waals surface area contributed by atoms with Gasteiger partial charge < -0.3 is 10.5 Å². The first-order chi connectivity index (χ1) is 7.61. The van der Waals surface area contributed by atoms with Gasteiger partial charge in [-0.25, -0.2) is 4.68 Å². The summed E-state index contributed by atoms with van der Waals surface area (Å²) < 4.78 is 8.05. The lowest BCUT2D eigenvalue weighted by Gasteiger charge is -2.23. The summed E-state index contributed by atoms with van der Waals surface area (Å²) in [6.07, 6.45) is 2.00. The van der Waals surface area contributed by atoms with Crippen molar-refractivity contribution in [2.24, 2.45) is 12.8 Å². The Morgan fingerprint density at radius 1 is 1.50 bits per heavy atom. The van der Waals surface area contributed by atoms with E-state index in [-0.39, 0.29) is 12.1 Å². The van der Waals surface area contributed by atoms with Gasteiger partial charge in [-0.3, -0.25) is 0 Å². The van der Waals surface area contributed by atoms with Crippen LogP contribution in [0.25, 0.3) is 0 Å². The molecule has 0 saturated heterocycles. The minimum atomic E-state index is -0.200. The van der Waals surface area contributed by atoms with E-state index in [1.807, 2.05) is 14.0 Å². The lowest BCUT2D eigenvalue weighted by atomic mass is 10.0. The topological polar surface area (TPSA) is 66.0 Å². The second kappa shape index (κ2) is 6.32. The Hall–Kier alpha value is -0.460. The first-order valence-electron chi connectivity index (χ1n) is 5.54. The van der Waals surface area contributed by atoms with Gasteiger partial charge >= 0.3 is 0 Å². The molecule has 0 saturated carbocycles. The highest BCUT2D eigenvalue weighted by molar-refractivity contribution is 9.10. The summed E-state index contributed by atoms with van der Waals surface area (Å²) in [5.41, 5.74) is 7.08. The summed E-state index contributed by atoms with van der Waals surface area (Å²) >= 11 is 3.36. The second-order valence-electron chi connectivity index (χ2n) is 3.70. The van der Waals surface area contributed by atoms with Gasteiger partial charge in [-0.15, -0.1) is 5.10 Å². The Morgan fingerprint density at radius 3 is 2.62 bits per heavy atom. The summed E-state index contributed by atoms with van der Waals surface area (Å²) in [7, 11) is 1.84. The molecular formula is C10H19BrN4O. The molecular weight excluding hydrogens is 272 g/mol. The van der Waals surface area contributed by atoms with Crippen LogP contribution in [-0.4, -0.2) is 27.7 Å². The van der Waals surface area contributed by atoms with Gasteiger partial charge in [-0.05, 0) is 29.3 Å². The molecule has 0 fully saturated rings. The van der Waals surface area contributed by atoms with Gasteiger partial charge in [0.25, 0.3) is 0 Å². The van der Waals surface area contributed by atoms with Gasteiger partial charge in [-0.1, -0.05) is 18.6 Å². The van der Waals surface area contributed by atoms with Gasteiger partial charge in [0, 0.05) is 13.7 Å². The van der Waals surface area contributed by atoms with Crippen LogP contribution in [0.3, 0.4) is 0 Å². The number of nitrogens with two attached hydrogens (primary N) is 1. The molecule has 2 atom stereocenters. The van der Waals surface area contributed by atoms with Gasteiger partial charge in [0.05, 0.1) is 17.8 Å². The molecule has 92 valence electrons. The average molecular weight is 291 g/mol. The van der Waals surface area contributed by atoms with Crippen LogP contribution >= 0.6 is 15.9 Å². The smallest absolute Gasteiger partial charge is 0.153 e. The first kappa shape index (κ1) is 13.6. The molecule has 0 aliphatic heterocycles. The Balaban J connectivity index is 2.84. The molecule has 2 unspecified atom stereocenters. The third-order valence-corrected chi connectivity index (χ3v) is 3.06. The third-order valence-electron chi connectivity index (χ3n) is 2.50. The van der Waals surface area contributed by atoms with Crippen molar-refractivity contribution in [2.45, 2.75) is 38.8 Å². The molecule has 6 heteroatoms. The fourth-order valence-electron chi connectivity index (χ4n) is 1.73. The number of hydrogen-bond donors (Lipinski definition) is 1. The van der Waals surface area contributed by atoms with Crippen LogP contribution in [0.2, 0.25) is 0 Å². The monoisotopic (exact) mass is 290 g/mol. The van der Waals surface area contributed by atoms with E-state index in [2.05, 4.69) is 33.2 Å². The Morgan fingerprint density at radius 2 is 2.19 bits per heavy atom. The van der Waals surface area contributed by atoms with Gasteiger partial charge in [0.1, 0.15) is 0 Å². The van der Waals surface area contributed by atoms with E-state index in [9.17, 15) is 0 Å². The highest BCUT2D eigenvalue weighted by Gasteiger charge is 2.25. The molecule has 1 rings (SSSR count). The summed E-state index contributed by atoms with van der Waals surface area (Å²) in [6, 6.07) is -0.200. The van der Waals surface area contributed by atoms with Gasteiger partial charge in [0.15, 0.2) is 4.60 Å². The zero-order valence-electron chi connectivity index (χ0n) is 9.98. The SMILES string of the molecule is CCCC(OCC)C(N)c1c(Br)nnn1C. The van der Waals surface area contributed by atoms with Crippen LogP contribution in [0, 0.1) is 0 Å². The van der Waals surface area contributed by atoms with Crippen LogP contribution in [0.4, 0.5) is 0 Å². The van der Waals surface area contributed by atoms with Crippen molar-refractivity contribution in [3.8, 4) is 0 Å². The van der Waals surface area contributed by atoms with Crippen LogP contribution in [0.15, 0.2) is 4.60 Å². The normalized spacial score (nSPS) is 15.1. The fraction of sp³-hybridized carbons (Fsp3) is 0.800. The van der Waals surface area contributed by atoms with E-state index in [0.29, 0.717) is 11.2 Å². The van der Waals surface area contributed by atoms with E-state index >= 15 is 0 Å². The van der Waals surface area contributed by atoms with E-state index in [0.717, 1.165) is 18.5 Å². The summed E-state index contributed by atoms with van der Waals surface area (Å²) in [5, 5.41) is 7.86. The van der Waals surface area contributed by atoms with Crippen LogP contribution in [-0.2, 0) is 11.8 Å². The lowest BCUT2D eigenvalue weighted by molar-refractivity contribution is 0.0355. The molecule has 0 aliphatic rings. The highest BCUT2D eigenvalue weighted by atomic mass is 79.9. The Labute approximate surface area is 104 Å². The van der Waals surface area contributed by atoms with Crippen molar-refractivity contribution < 1.29 is 4.74 Å². The fourth-order valence-corrected chi connectivity index (χ4v) is 2.33. The molecule has 1 aromatic rings. The number of ether oxygens (including phenoxy) is 1. The maximum atomic E-state index is 6.20. The van der Waals surface area contributed by atoms with E-state index in [1.54, 1.807) is 4.68 Å². The summed E-state index contributed by atoms with van der Waals surface area (Å²) in [5.74, 6) is 0. The molecule has 2 N–H and O–H groups in total. The molecule has 0 aromatic carbocycles. The summed E-state index contributed by atoms with van der Waals surface area (Å²) in [6.45, 7) is 4.77. The number of aromatic nitrogens is 3. The summed E-state index contributed by atoms with van der Waals surface area (Å²) in [4.78, 5) is 0. The molecule has 5 nitrogen and oxygen atoms in total. The van der Waals surface area contributed by atoms with E-state index in [4.69, 9.17) is 10.5 Å². The number of nitrogens with zero attached hydrogens (tertiary/aromatic N) is 3. The molecule has 0 spiro atoms. The van der Waals surface area contributed by atoms with Crippen molar-refractivity contribution in [1.29, 1.82) is 0 Å². The molecule has 16 heavy (non-hydrogen) atoms. The highest BCUT2D eigenvalue weighted by Crippen LogP contribution is 2.24. The van der Waals surface area contributed by atoms with Crippen molar-refractivity contribution in [2.75, 3.05) is 6.61 Å². The molecule has 0 radical (unpaired) electrons. The van der Waals surface area contributed by atoms with Gasteiger partial charge in [0.2, 0.25) is 0 Å². The molecule has 0 aliphatic carbocycles. The first-order valence-corrected chi connectivity index (χ1v) is 6.33. The predicted molar refractivity (Wildman–Crippen MR) is 66.0 cm³/mol. The Kier molecular flexibility index (Phi) is 5.37. The number of aryl methyl sites for hydroxylation is 1. The van der Waals surface area contributed by atoms with Crippen molar-refractivity contribution >= 4 is 15.9 Å². The van der Waals surface area contributed by atoms with E-state index < -0.39 is 0 Å². The van der Waals surface area contributed by atoms with Crippen LogP contribution in [0.1, 0.15) is 38.4 Å². The number of halogens is 1. The largest absolute Gasteiger partial charge is 0.376 e. The molecule has 0 amide bonds. The lowest BCUT2D eigenvalue weighted by Crippen LogP contribution is -2.31. The standard InChI is InChI=1S/C10H19BrN4O/c1-4-6-7(16-5-2)8(12)9-10(11)13-14-15(9)3/h7-8H,4-6,12H2,1-3H3. The molecule has 1 aromatic heterocycles. The molecule has 1 heterocycles. The quantitative estimate of drug-likeness (QED) is 0.867. The van der Waals surface area contributed by atoms with Crippen molar-refractivity contribution in [3.05, 3.63) is 10.3 Å². The van der Waals surface area contributed by atoms with Crippen molar-refractivity contribution in [3.63, 3.8) is 0 Å². The number of hydrogen-bond acceptors (Lipinski definition) is 4. The third kappa shape index (κ3) is 3.02. The van der Waals surface area contributed by atoms with Crippen LogP contribution in [0.5, 0.6) is 0 Å². The van der Waals surface area contributed by atoms with Crippen LogP contribution < -0.4 is 5.73 Å². The van der Waals surface area contributed by atoms with Gasteiger partial charge in [-0.2, -0.15) is 0 Å². The predicted octanol–water partition coefficient (Wildman–Crippen LogP) is 1.78. The second-order valence-corrected chi connectivity index (χ2v) is 4.45. The zero-order valence-corrected chi connectivity index (χ0v) is 11.6. The maximum absolute atomic E-state index is 6.20. The van der Waals surface area contributed by atoms with E-state index in [1.165, 1.54) is 0 Å². The molecule has 0 bridgehead atoms. The minimum Gasteiger partial charge on any atom is -0.376 e. The zero-order chi connectivity index (χ0) is 12.1.